The van der Waals surface area contributed by atoms with Crippen molar-refractivity contribution >= 4 is 17.6 Å². The van der Waals surface area contributed by atoms with Crippen molar-refractivity contribution in [3.05, 3.63) is 72.2 Å². The molecule has 2 aliphatic rings. The summed E-state index contributed by atoms with van der Waals surface area (Å²) in [6, 6.07) is 16.2. The van der Waals surface area contributed by atoms with Crippen LogP contribution >= 0.6 is 0 Å². The van der Waals surface area contributed by atoms with Crippen molar-refractivity contribution in [3.63, 3.8) is 0 Å². The van der Waals surface area contributed by atoms with Crippen LogP contribution in [0.1, 0.15) is 66.4 Å². The van der Waals surface area contributed by atoms with E-state index in [9.17, 15) is 19.8 Å². The van der Waals surface area contributed by atoms with Gasteiger partial charge in [-0.25, -0.2) is 9.78 Å². The van der Waals surface area contributed by atoms with Gasteiger partial charge in [-0.2, -0.15) is 0 Å². The zero-order chi connectivity index (χ0) is 28.8. The first-order chi connectivity index (χ1) is 19.9. The number of imidazole rings is 1. The molecule has 226 valence electrons. The molecule has 1 aliphatic heterocycles. The molecule has 0 radical (unpaired) electrons. The lowest BCUT2D eigenvalue weighted by Gasteiger charge is -2.41. The summed E-state index contributed by atoms with van der Waals surface area (Å²) >= 11 is 0. The maximum atomic E-state index is 14.2. The number of methoxy groups -OCH3 is 1. The smallest absolute Gasteiger partial charge is 0.335 e. The van der Waals surface area contributed by atoms with Gasteiger partial charge in [-0.1, -0.05) is 56.7 Å². The summed E-state index contributed by atoms with van der Waals surface area (Å²) in [6.07, 6.45) is 5.69. The Morgan fingerprint density at radius 1 is 1.17 bits per heavy atom. The van der Waals surface area contributed by atoms with Crippen LogP contribution in [0.15, 0.2) is 60.9 Å². The summed E-state index contributed by atoms with van der Waals surface area (Å²) in [5, 5.41) is 27.6. The molecule has 1 amide bonds. The molecule has 10 heteroatoms. The number of hydrogen-bond donors (Lipinski definition) is 4. The number of benzene rings is 2. The average molecular weight is 578 g/mol. The molecule has 2 heterocycles. The second-order valence-electron chi connectivity index (χ2n) is 11.0. The first-order valence-electron chi connectivity index (χ1n) is 14.3. The molecule has 1 aliphatic carbocycles. The fourth-order valence-electron chi connectivity index (χ4n) is 6.22. The number of anilines is 1. The molecule has 0 spiro atoms. The molecule has 1 saturated carbocycles. The van der Waals surface area contributed by atoms with Crippen LogP contribution in [0.3, 0.4) is 0 Å². The van der Waals surface area contributed by atoms with Gasteiger partial charge in [-0.3, -0.25) is 4.79 Å². The molecule has 1 saturated heterocycles. The Hall–Kier alpha value is -3.73. The normalized spacial score (nSPS) is 22.3. The van der Waals surface area contributed by atoms with Gasteiger partial charge in [-0.05, 0) is 37.5 Å². The van der Waals surface area contributed by atoms with Crippen LogP contribution in [-0.4, -0.2) is 88.1 Å². The number of carboxylic acids is 1. The highest BCUT2D eigenvalue weighted by Gasteiger charge is 2.42. The number of hydrogen-bond acceptors (Lipinski definition) is 7. The third kappa shape index (κ3) is 6.67. The maximum absolute atomic E-state index is 14.2. The molecule has 0 unspecified atom stereocenters. The summed E-state index contributed by atoms with van der Waals surface area (Å²) in [5.41, 5.74) is 1.90. The zero-order valence-electron chi connectivity index (χ0n) is 23.5. The lowest BCUT2D eigenvalue weighted by atomic mass is 9.80. The van der Waals surface area contributed by atoms with Crippen LogP contribution in [0.25, 0.3) is 11.3 Å². The van der Waals surface area contributed by atoms with Gasteiger partial charge in [0.2, 0.25) is 0 Å². The molecule has 2 fully saturated rings. The first-order valence-corrected chi connectivity index (χ1v) is 14.3. The molecule has 2 aromatic carbocycles. The molecule has 4 N–H and O–H groups in total. The number of carbonyl (C=O) groups excluding carboxylic acids is 1. The second kappa shape index (κ2) is 14.0. The zero-order valence-corrected chi connectivity index (χ0v) is 23.5. The van der Waals surface area contributed by atoms with Crippen molar-refractivity contribution in [2.24, 2.45) is 0 Å². The lowest BCUT2D eigenvalue weighted by Crippen LogP contribution is -2.54. The van der Waals surface area contributed by atoms with E-state index in [-0.39, 0.29) is 37.6 Å². The Balaban J connectivity index is 0.00000405. The number of aliphatic hydroxyl groups is 1. The number of nitrogens with zero attached hydrogens (tertiary/aromatic N) is 3. The van der Waals surface area contributed by atoms with E-state index in [0.29, 0.717) is 44.7 Å². The lowest BCUT2D eigenvalue weighted by molar-refractivity contribution is -0.0893. The number of amides is 1. The molecule has 0 bridgehead atoms. The Bertz CT molecular complexity index is 1340. The van der Waals surface area contributed by atoms with Crippen molar-refractivity contribution in [1.82, 2.24) is 19.8 Å². The summed E-state index contributed by atoms with van der Waals surface area (Å²) in [7, 11) is 1.60. The number of aromatic nitrogens is 2. The minimum Gasteiger partial charge on any atom is -0.478 e. The second-order valence-corrected chi connectivity index (χ2v) is 11.0. The van der Waals surface area contributed by atoms with E-state index in [1.807, 2.05) is 45.9 Å². The summed E-state index contributed by atoms with van der Waals surface area (Å²) < 4.78 is 7.43. The van der Waals surface area contributed by atoms with E-state index in [4.69, 9.17) is 4.74 Å². The summed E-state index contributed by atoms with van der Waals surface area (Å²) in [5.74, 6) is -1.10. The number of aromatic carboxylic acids is 1. The van der Waals surface area contributed by atoms with E-state index in [2.05, 4.69) is 15.6 Å². The Morgan fingerprint density at radius 3 is 2.74 bits per heavy atom. The van der Waals surface area contributed by atoms with Gasteiger partial charge < -0.3 is 35.1 Å². The highest BCUT2D eigenvalue weighted by molar-refractivity contribution is 5.98. The molecule has 5 rings (SSSR count). The maximum Gasteiger partial charge on any atom is 0.335 e. The van der Waals surface area contributed by atoms with Gasteiger partial charge in [0.25, 0.3) is 5.91 Å². The molecular weight excluding hydrogens is 534 g/mol. The van der Waals surface area contributed by atoms with Crippen LogP contribution < -0.4 is 10.6 Å². The number of rotatable bonds is 10. The molecule has 1 aromatic heterocycles. The first kappa shape index (κ1) is 31.2. The van der Waals surface area contributed by atoms with Crippen molar-refractivity contribution in [3.8, 4) is 11.3 Å². The van der Waals surface area contributed by atoms with E-state index < -0.39 is 11.6 Å². The molecular formula is C32H43N5O5. The molecule has 3 aromatic rings. The third-order valence-electron chi connectivity index (χ3n) is 8.26. The van der Waals surface area contributed by atoms with Crippen LogP contribution in [0.5, 0.6) is 0 Å². The van der Waals surface area contributed by atoms with Crippen molar-refractivity contribution in [2.75, 3.05) is 45.2 Å². The van der Waals surface area contributed by atoms with Crippen molar-refractivity contribution in [2.45, 2.75) is 57.2 Å². The predicted octanol–water partition coefficient (Wildman–Crippen LogP) is 4.29. The van der Waals surface area contributed by atoms with Gasteiger partial charge in [-0.15, -0.1) is 0 Å². The summed E-state index contributed by atoms with van der Waals surface area (Å²) in [6.45, 7) is 2.69. The minimum atomic E-state index is -1.04. The summed E-state index contributed by atoms with van der Waals surface area (Å²) in [4.78, 5) is 32.1. The van der Waals surface area contributed by atoms with E-state index >= 15 is 0 Å². The SMILES string of the molecule is C.COC[C@]1(O)CCCC[C@H]1n1cnc(C(=O)N2CCNC[C@H]2CCNc2cccc(C(=O)O)c2)c1-c1ccccc1. The number of nitrogens with one attached hydrogen (secondary N) is 2. The van der Waals surface area contributed by atoms with Gasteiger partial charge >= 0.3 is 5.97 Å². The van der Waals surface area contributed by atoms with E-state index in [0.717, 1.165) is 36.2 Å². The third-order valence-corrected chi connectivity index (χ3v) is 8.26. The fraction of sp³-hybridized carbons (Fsp3) is 0.469. The van der Waals surface area contributed by atoms with Gasteiger partial charge in [0.05, 0.1) is 30.2 Å². The van der Waals surface area contributed by atoms with Gasteiger partial charge in [0, 0.05) is 50.6 Å². The average Bonchev–Trinajstić information content (AvgIpc) is 3.43. The fourth-order valence-corrected chi connectivity index (χ4v) is 6.22. The van der Waals surface area contributed by atoms with E-state index in [1.54, 1.807) is 31.6 Å². The topological polar surface area (TPSA) is 129 Å². The Kier molecular flexibility index (Phi) is 10.4. The Labute approximate surface area is 247 Å². The highest BCUT2D eigenvalue weighted by Crippen LogP contribution is 2.41. The van der Waals surface area contributed by atoms with Crippen molar-refractivity contribution < 1.29 is 24.5 Å². The number of carboxylic acid groups (broad SMARTS) is 1. The van der Waals surface area contributed by atoms with Crippen LogP contribution in [0, 0.1) is 0 Å². The molecule has 10 nitrogen and oxygen atoms in total. The van der Waals surface area contributed by atoms with Crippen LogP contribution in [-0.2, 0) is 4.74 Å². The van der Waals surface area contributed by atoms with Gasteiger partial charge in [0.15, 0.2) is 5.69 Å². The molecule has 42 heavy (non-hydrogen) atoms. The Morgan fingerprint density at radius 2 is 1.98 bits per heavy atom. The molecule has 3 atom stereocenters. The monoisotopic (exact) mass is 577 g/mol. The predicted molar refractivity (Wildman–Crippen MR) is 163 cm³/mol. The van der Waals surface area contributed by atoms with Crippen LogP contribution in [0.4, 0.5) is 5.69 Å². The standard InChI is InChI=1S/C31H39N5O5.CH4/c1-41-20-31(40)14-6-5-12-26(31)36-21-34-27(28(36)22-8-3-2-4-9-22)29(37)35-17-16-32-19-25(35)13-15-33-24-11-7-10-23(18-24)30(38)39;/h2-4,7-11,18,21,25-26,32-33,40H,5-6,12-17,19-20H2,1H3,(H,38,39);1H4/t25-,26-,31-;/m1./s1. The quantitative estimate of drug-likeness (QED) is 0.281. The highest BCUT2D eigenvalue weighted by atomic mass is 16.5. The van der Waals surface area contributed by atoms with Crippen LogP contribution in [0.2, 0.25) is 0 Å². The number of ether oxygens (including phenoxy) is 1. The number of carbonyl (C=O) groups is 2. The number of piperazine rings is 1. The minimum absolute atomic E-state index is 0. The van der Waals surface area contributed by atoms with Gasteiger partial charge in [0.1, 0.15) is 5.60 Å². The van der Waals surface area contributed by atoms with E-state index in [1.165, 1.54) is 0 Å². The largest absolute Gasteiger partial charge is 0.478 e. The van der Waals surface area contributed by atoms with Crippen molar-refractivity contribution in [1.29, 1.82) is 0 Å².